The fraction of sp³-hybridized carbons (Fsp3) is 0.667. The summed E-state index contributed by atoms with van der Waals surface area (Å²) in [6, 6.07) is 10.1. The van der Waals surface area contributed by atoms with Gasteiger partial charge in [0.05, 0.1) is 6.61 Å². The number of benzene rings is 1. The number of amides is 1. The Morgan fingerprint density at radius 1 is 0.780 bits per heavy atom. The van der Waals surface area contributed by atoms with Crippen LogP contribution in [0.4, 0.5) is 0 Å². The van der Waals surface area contributed by atoms with E-state index in [1.165, 1.54) is 89.0 Å². The third-order valence-corrected chi connectivity index (χ3v) is 7.67. The van der Waals surface area contributed by atoms with Gasteiger partial charge in [0.25, 0.3) is 5.91 Å². The highest BCUT2D eigenvalue weighted by molar-refractivity contribution is 5.77. The minimum atomic E-state index is -0.109. The van der Waals surface area contributed by atoms with E-state index in [0.29, 0.717) is 12.3 Å². The fourth-order valence-electron chi connectivity index (χ4n) is 5.03. The molecule has 0 aliphatic heterocycles. The highest BCUT2D eigenvalue weighted by Crippen LogP contribution is 2.34. The van der Waals surface area contributed by atoms with Crippen molar-refractivity contribution in [1.82, 2.24) is 5.32 Å². The van der Waals surface area contributed by atoms with E-state index in [-0.39, 0.29) is 17.9 Å². The molecule has 1 aromatic carbocycles. The lowest BCUT2D eigenvalue weighted by molar-refractivity contribution is -0.671. The number of aryl methyl sites for hydroxylation is 1. The number of hydrogen-bond donors (Lipinski definition) is 1. The van der Waals surface area contributed by atoms with Gasteiger partial charge in [-0.05, 0) is 42.0 Å². The van der Waals surface area contributed by atoms with Gasteiger partial charge in [-0.25, -0.2) is 4.57 Å². The lowest BCUT2D eigenvalue weighted by Gasteiger charge is -2.24. The molecule has 5 heteroatoms. The van der Waals surface area contributed by atoms with Gasteiger partial charge in [-0.3, -0.25) is 4.79 Å². The second-order valence-electron chi connectivity index (χ2n) is 12.6. The van der Waals surface area contributed by atoms with Crippen molar-refractivity contribution >= 4 is 5.91 Å². The second kappa shape index (κ2) is 20.3. The first-order chi connectivity index (χ1) is 19.8. The second-order valence-corrected chi connectivity index (χ2v) is 12.6. The van der Waals surface area contributed by atoms with Crippen LogP contribution in [0.5, 0.6) is 11.5 Å². The summed E-state index contributed by atoms with van der Waals surface area (Å²) in [6.07, 6.45) is 23.8. The van der Waals surface area contributed by atoms with Crippen molar-refractivity contribution in [3.8, 4) is 11.5 Å². The Hall–Kier alpha value is -2.56. The van der Waals surface area contributed by atoms with Crippen molar-refractivity contribution in [2.45, 2.75) is 129 Å². The lowest BCUT2D eigenvalue weighted by Crippen LogP contribution is -2.31. The predicted molar refractivity (Wildman–Crippen MR) is 171 cm³/mol. The van der Waals surface area contributed by atoms with Crippen LogP contribution in [0.15, 0.2) is 42.7 Å². The Bertz CT molecular complexity index is 966. The van der Waals surface area contributed by atoms with Gasteiger partial charge in [0.15, 0.2) is 19.0 Å². The first-order valence-electron chi connectivity index (χ1n) is 16.4. The summed E-state index contributed by atoms with van der Waals surface area (Å²) in [5, 5.41) is 2.95. The van der Waals surface area contributed by atoms with E-state index in [1.807, 2.05) is 42.2 Å². The zero-order chi connectivity index (χ0) is 29.8. The van der Waals surface area contributed by atoms with Crippen LogP contribution >= 0.6 is 0 Å². The number of hydrogen-bond acceptors (Lipinski definition) is 3. The van der Waals surface area contributed by atoms with Gasteiger partial charge in [0, 0.05) is 24.2 Å². The molecule has 2 aromatic rings. The van der Waals surface area contributed by atoms with Gasteiger partial charge in [0.2, 0.25) is 0 Å². The van der Waals surface area contributed by atoms with Crippen LogP contribution < -0.4 is 19.4 Å². The molecule has 1 N–H and O–H groups in total. The van der Waals surface area contributed by atoms with Gasteiger partial charge in [-0.2, -0.15) is 0 Å². The molecule has 1 amide bonds. The first kappa shape index (κ1) is 34.6. The lowest BCUT2D eigenvalue weighted by atomic mass is 9.86. The SMILES string of the molecule is CCCCCCCCCCCCCCCCOc1ccc(OCC(=O)NCCc2cc[n+](C)cc2)cc1C(C)(C)C. The molecule has 41 heavy (non-hydrogen) atoms. The standard InChI is InChI=1S/C36H58N2O3/c1-6-7-8-9-10-11-12-13-14-15-16-17-18-19-28-40-34-21-20-32(29-33(34)36(2,3)4)41-30-35(39)37-25-22-31-23-26-38(5)27-24-31/h20-21,23-24,26-27,29H,6-19,22,25,28,30H2,1-5H3/p+1. The van der Waals surface area contributed by atoms with Gasteiger partial charge in [-0.1, -0.05) is 111 Å². The van der Waals surface area contributed by atoms with Crippen LogP contribution in [0, 0.1) is 0 Å². The molecule has 1 heterocycles. The van der Waals surface area contributed by atoms with Crippen molar-refractivity contribution in [1.29, 1.82) is 0 Å². The zero-order valence-electron chi connectivity index (χ0n) is 26.9. The van der Waals surface area contributed by atoms with Gasteiger partial charge in [-0.15, -0.1) is 0 Å². The Labute approximate surface area is 251 Å². The molecule has 0 bridgehead atoms. The molecular formula is C36H59N2O3+. The summed E-state index contributed by atoms with van der Waals surface area (Å²) >= 11 is 0. The van der Waals surface area contributed by atoms with Crippen molar-refractivity contribution < 1.29 is 18.8 Å². The van der Waals surface area contributed by atoms with Crippen LogP contribution in [-0.4, -0.2) is 25.7 Å². The first-order valence-corrected chi connectivity index (χ1v) is 16.4. The number of nitrogens with one attached hydrogen (secondary N) is 1. The average Bonchev–Trinajstić information content (AvgIpc) is 2.95. The number of carbonyl (C=O) groups excluding carboxylic acids is 1. The van der Waals surface area contributed by atoms with Crippen LogP contribution in [0.2, 0.25) is 0 Å². The molecule has 0 aliphatic carbocycles. The van der Waals surface area contributed by atoms with Crippen molar-refractivity contribution in [3.63, 3.8) is 0 Å². The molecule has 0 saturated carbocycles. The number of pyridine rings is 1. The normalized spacial score (nSPS) is 11.4. The Morgan fingerprint density at radius 2 is 1.34 bits per heavy atom. The van der Waals surface area contributed by atoms with Crippen LogP contribution in [0.25, 0.3) is 0 Å². The van der Waals surface area contributed by atoms with E-state index in [2.05, 4.69) is 45.1 Å². The highest BCUT2D eigenvalue weighted by Gasteiger charge is 2.20. The molecule has 0 spiro atoms. The molecule has 0 aliphatic rings. The highest BCUT2D eigenvalue weighted by atomic mass is 16.5. The van der Waals surface area contributed by atoms with E-state index in [4.69, 9.17) is 9.47 Å². The summed E-state index contributed by atoms with van der Waals surface area (Å²) in [5.41, 5.74) is 2.22. The van der Waals surface area contributed by atoms with E-state index in [1.54, 1.807) is 0 Å². The topological polar surface area (TPSA) is 51.4 Å². The maximum absolute atomic E-state index is 12.3. The smallest absolute Gasteiger partial charge is 0.257 e. The molecule has 0 atom stereocenters. The molecule has 0 fully saturated rings. The van der Waals surface area contributed by atoms with Crippen molar-refractivity contribution in [2.24, 2.45) is 7.05 Å². The monoisotopic (exact) mass is 567 g/mol. The molecule has 230 valence electrons. The van der Waals surface area contributed by atoms with E-state index < -0.39 is 0 Å². The summed E-state index contributed by atoms with van der Waals surface area (Å²) in [6.45, 7) is 10.2. The molecule has 0 radical (unpaired) electrons. The maximum atomic E-state index is 12.3. The summed E-state index contributed by atoms with van der Waals surface area (Å²) in [7, 11) is 1.99. The largest absolute Gasteiger partial charge is 0.493 e. The summed E-state index contributed by atoms with van der Waals surface area (Å²) in [5.74, 6) is 1.51. The zero-order valence-corrected chi connectivity index (χ0v) is 26.9. The number of unbranched alkanes of at least 4 members (excludes halogenated alkanes) is 13. The number of ether oxygens (including phenoxy) is 2. The minimum Gasteiger partial charge on any atom is -0.493 e. The van der Waals surface area contributed by atoms with Crippen molar-refractivity contribution in [2.75, 3.05) is 19.8 Å². The van der Waals surface area contributed by atoms with E-state index in [0.717, 1.165) is 30.8 Å². The van der Waals surface area contributed by atoms with Crippen LogP contribution in [0.1, 0.15) is 129 Å². The number of aromatic nitrogens is 1. The number of carbonyl (C=O) groups is 1. The third-order valence-electron chi connectivity index (χ3n) is 7.67. The Kier molecular flexibility index (Phi) is 17.2. The minimum absolute atomic E-state index is 0.00653. The number of rotatable bonds is 22. The van der Waals surface area contributed by atoms with E-state index in [9.17, 15) is 4.79 Å². The van der Waals surface area contributed by atoms with Gasteiger partial charge >= 0.3 is 0 Å². The fourth-order valence-corrected chi connectivity index (χ4v) is 5.03. The quantitative estimate of drug-likeness (QED) is 0.115. The summed E-state index contributed by atoms with van der Waals surface area (Å²) in [4.78, 5) is 12.3. The Morgan fingerprint density at radius 3 is 1.90 bits per heavy atom. The van der Waals surface area contributed by atoms with Gasteiger partial charge in [0.1, 0.15) is 18.5 Å². The number of nitrogens with zero attached hydrogens (tertiary/aromatic N) is 1. The molecule has 5 nitrogen and oxygen atoms in total. The van der Waals surface area contributed by atoms with E-state index >= 15 is 0 Å². The summed E-state index contributed by atoms with van der Waals surface area (Å²) < 4.78 is 14.1. The molecular weight excluding hydrogens is 508 g/mol. The van der Waals surface area contributed by atoms with Gasteiger partial charge < -0.3 is 14.8 Å². The molecule has 0 unspecified atom stereocenters. The van der Waals surface area contributed by atoms with Crippen LogP contribution in [-0.2, 0) is 23.7 Å². The molecule has 1 aromatic heterocycles. The average molecular weight is 568 g/mol. The third kappa shape index (κ3) is 15.9. The molecule has 2 rings (SSSR count). The van der Waals surface area contributed by atoms with Crippen molar-refractivity contribution in [3.05, 3.63) is 53.9 Å². The predicted octanol–water partition coefficient (Wildman–Crippen LogP) is 8.41. The Balaban J connectivity index is 1.60. The maximum Gasteiger partial charge on any atom is 0.257 e. The van der Waals surface area contributed by atoms with Crippen LogP contribution in [0.3, 0.4) is 0 Å². The molecule has 0 saturated heterocycles.